The fourth-order valence-corrected chi connectivity index (χ4v) is 3.69. The number of benzene rings is 2. The smallest absolute Gasteiger partial charge is 0.379 e. The summed E-state index contributed by atoms with van der Waals surface area (Å²) in [7, 11) is 0. The minimum Gasteiger partial charge on any atom is -0.379 e. The first-order valence-electron chi connectivity index (χ1n) is 10.8. The van der Waals surface area contributed by atoms with Gasteiger partial charge in [0.2, 0.25) is 0 Å². The lowest BCUT2D eigenvalue weighted by Gasteiger charge is -2.24. The number of aromatic nitrogens is 2. The van der Waals surface area contributed by atoms with Gasteiger partial charge in [-0.05, 0) is 61.7 Å². The van der Waals surface area contributed by atoms with Crippen LogP contribution in [-0.2, 0) is 12.4 Å². The van der Waals surface area contributed by atoms with Gasteiger partial charge in [0, 0.05) is 29.8 Å². The van der Waals surface area contributed by atoms with Crippen LogP contribution in [0.15, 0.2) is 61.2 Å². The predicted molar refractivity (Wildman–Crippen MR) is 120 cm³/mol. The normalized spacial score (nSPS) is 15.5. The van der Waals surface area contributed by atoms with Crippen molar-refractivity contribution in [3.63, 3.8) is 0 Å². The largest absolute Gasteiger partial charge is 0.417 e. The number of nitrogens with one attached hydrogen (secondary N) is 1. The molecule has 1 heterocycles. The van der Waals surface area contributed by atoms with Crippen LogP contribution in [0.5, 0.6) is 0 Å². The maximum absolute atomic E-state index is 13.0. The molecule has 12 heteroatoms. The van der Waals surface area contributed by atoms with E-state index in [9.17, 15) is 30.7 Å². The van der Waals surface area contributed by atoms with Crippen molar-refractivity contribution in [2.45, 2.75) is 37.7 Å². The molecular formula is C25H18F7N5. The molecule has 37 heavy (non-hydrogen) atoms. The molecule has 0 amide bonds. The van der Waals surface area contributed by atoms with Crippen molar-refractivity contribution in [3.8, 4) is 12.1 Å². The molecule has 1 aliphatic rings. The zero-order valence-corrected chi connectivity index (χ0v) is 18.9. The first-order valence-corrected chi connectivity index (χ1v) is 10.8. The molecule has 1 aromatic heterocycles. The number of rotatable bonds is 3. The van der Waals surface area contributed by atoms with Crippen LogP contribution >= 0.6 is 0 Å². The number of nitrogens with zero attached hydrogens (tertiary/aromatic N) is 4. The molecule has 4 rings (SSSR count). The Morgan fingerprint density at radius 2 is 1.54 bits per heavy atom. The summed E-state index contributed by atoms with van der Waals surface area (Å²) in [5.74, 6) is -1.01. The molecular weight excluding hydrogens is 503 g/mol. The lowest BCUT2D eigenvalue weighted by molar-refractivity contribution is -0.138. The number of imidazole rings is 1. The summed E-state index contributed by atoms with van der Waals surface area (Å²) in [6.45, 7) is 0. The lowest BCUT2D eigenvalue weighted by Crippen LogP contribution is -2.21. The minimum absolute atomic E-state index is 0.0647. The Balaban J connectivity index is 0.000000248. The van der Waals surface area contributed by atoms with E-state index in [4.69, 9.17) is 10.5 Å². The fourth-order valence-electron chi connectivity index (χ4n) is 3.69. The highest BCUT2D eigenvalue weighted by Gasteiger charge is 2.34. The Hall–Kier alpha value is -4.32. The van der Waals surface area contributed by atoms with Crippen LogP contribution in [0.25, 0.3) is 5.70 Å². The SMILES string of the molecule is N#Cc1ccc(F)cc1C(F)(F)F.N#Cc1ccc(NC2C=C(n3ccnc3)CCC2)cc1C(F)(F)F. The van der Waals surface area contributed by atoms with Gasteiger partial charge >= 0.3 is 12.4 Å². The monoisotopic (exact) mass is 521 g/mol. The number of anilines is 1. The second-order valence-electron chi connectivity index (χ2n) is 7.94. The zero-order valence-electron chi connectivity index (χ0n) is 18.9. The van der Waals surface area contributed by atoms with Gasteiger partial charge in [-0.1, -0.05) is 0 Å². The molecule has 0 saturated carbocycles. The van der Waals surface area contributed by atoms with Gasteiger partial charge in [-0.2, -0.15) is 36.9 Å². The second-order valence-corrected chi connectivity index (χ2v) is 7.94. The minimum atomic E-state index is -4.69. The third-order valence-electron chi connectivity index (χ3n) is 5.38. The van der Waals surface area contributed by atoms with E-state index in [1.165, 1.54) is 18.2 Å². The van der Waals surface area contributed by atoms with Crippen LogP contribution in [0.3, 0.4) is 0 Å². The number of alkyl halides is 6. The summed E-state index contributed by atoms with van der Waals surface area (Å²) in [6, 6.07) is 8.50. The Bertz CT molecular complexity index is 1340. The molecule has 1 unspecified atom stereocenters. The average Bonchev–Trinajstić information content (AvgIpc) is 3.39. The van der Waals surface area contributed by atoms with Crippen molar-refractivity contribution in [1.29, 1.82) is 10.5 Å². The second kappa shape index (κ2) is 11.2. The summed E-state index contributed by atoms with van der Waals surface area (Å²) >= 11 is 0. The summed E-state index contributed by atoms with van der Waals surface area (Å²) in [5.41, 5.74) is -1.67. The van der Waals surface area contributed by atoms with E-state index in [1.807, 2.05) is 16.8 Å². The molecule has 0 saturated heterocycles. The topological polar surface area (TPSA) is 77.4 Å². The molecule has 0 fully saturated rings. The fraction of sp³-hybridized carbons (Fsp3) is 0.240. The van der Waals surface area contributed by atoms with Gasteiger partial charge in [-0.25, -0.2) is 9.37 Å². The molecule has 1 atom stereocenters. The first-order chi connectivity index (χ1) is 17.4. The van der Waals surface area contributed by atoms with Crippen LogP contribution < -0.4 is 5.32 Å². The number of halogens is 7. The van der Waals surface area contributed by atoms with E-state index >= 15 is 0 Å². The number of hydrogen-bond donors (Lipinski definition) is 1. The van der Waals surface area contributed by atoms with E-state index in [0.29, 0.717) is 11.8 Å². The van der Waals surface area contributed by atoms with Crippen LogP contribution in [0.1, 0.15) is 41.5 Å². The Labute approximate surface area is 207 Å². The van der Waals surface area contributed by atoms with E-state index in [-0.39, 0.29) is 11.6 Å². The van der Waals surface area contributed by atoms with E-state index < -0.39 is 34.9 Å². The Morgan fingerprint density at radius 3 is 2.11 bits per heavy atom. The molecule has 0 spiro atoms. The number of nitriles is 2. The highest BCUT2D eigenvalue weighted by molar-refractivity contribution is 5.56. The highest BCUT2D eigenvalue weighted by atomic mass is 19.4. The third kappa shape index (κ3) is 7.10. The van der Waals surface area contributed by atoms with Crippen molar-refractivity contribution in [3.05, 3.63) is 89.3 Å². The van der Waals surface area contributed by atoms with Gasteiger partial charge in [0.1, 0.15) is 5.82 Å². The maximum atomic E-state index is 13.0. The molecule has 0 bridgehead atoms. The van der Waals surface area contributed by atoms with Crippen molar-refractivity contribution < 1.29 is 30.7 Å². The maximum Gasteiger partial charge on any atom is 0.417 e. The molecule has 1 aliphatic carbocycles. The quantitative estimate of drug-likeness (QED) is 0.377. The predicted octanol–water partition coefficient (Wildman–Crippen LogP) is 7.00. The van der Waals surface area contributed by atoms with Gasteiger partial charge in [-0.3, -0.25) is 0 Å². The zero-order chi connectivity index (χ0) is 27.2. The molecule has 192 valence electrons. The van der Waals surface area contributed by atoms with E-state index in [0.717, 1.165) is 43.2 Å². The van der Waals surface area contributed by atoms with E-state index in [1.54, 1.807) is 18.6 Å². The first kappa shape index (κ1) is 27.3. The molecule has 0 aliphatic heterocycles. The summed E-state index contributed by atoms with van der Waals surface area (Å²) < 4.78 is 89.7. The molecule has 5 nitrogen and oxygen atoms in total. The van der Waals surface area contributed by atoms with Gasteiger partial charge in [0.25, 0.3) is 0 Å². The Kier molecular flexibility index (Phi) is 8.23. The average molecular weight is 521 g/mol. The summed E-state index contributed by atoms with van der Waals surface area (Å²) in [4.78, 5) is 4.01. The van der Waals surface area contributed by atoms with Crippen LogP contribution in [0.4, 0.5) is 36.4 Å². The number of allylic oxidation sites excluding steroid dienone is 1. The van der Waals surface area contributed by atoms with Gasteiger partial charge < -0.3 is 9.88 Å². The van der Waals surface area contributed by atoms with Gasteiger partial charge in [-0.15, -0.1) is 0 Å². The van der Waals surface area contributed by atoms with Crippen molar-refractivity contribution in [2.75, 3.05) is 5.32 Å². The van der Waals surface area contributed by atoms with Crippen molar-refractivity contribution >= 4 is 11.4 Å². The molecule has 0 radical (unpaired) electrons. The number of hydrogen-bond acceptors (Lipinski definition) is 4. The highest BCUT2D eigenvalue weighted by Crippen LogP contribution is 2.34. The van der Waals surface area contributed by atoms with Crippen LogP contribution in [0.2, 0.25) is 0 Å². The summed E-state index contributed by atoms with van der Waals surface area (Å²) in [5, 5.41) is 20.3. The van der Waals surface area contributed by atoms with Crippen LogP contribution in [-0.4, -0.2) is 15.6 Å². The van der Waals surface area contributed by atoms with Crippen LogP contribution in [0, 0.1) is 28.5 Å². The van der Waals surface area contributed by atoms with Gasteiger partial charge in [0.15, 0.2) is 0 Å². The van der Waals surface area contributed by atoms with E-state index in [2.05, 4.69) is 10.3 Å². The molecule has 1 N–H and O–H groups in total. The third-order valence-corrected chi connectivity index (χ3v) is 5.38. The molecule has 3 aromatic rings. The standard InChI is InChI=1S/C17H15F3N4.C8H3F4N/c18-17(19,20)16-9-14(5-4-12(16)10-21)23-13-2-1-3-15(8-13)24-7-6-22-11-24;9-6-2-1-5(4-13)7(3-6)8(10,11)12/h4-9,11,13,23H,1-3H2;1-3H. The Morgan fingerprint density at radius 1 is 0.919 bits per heavy atom. The summed E-state index contributed by atoms with van der Waals surface area (Å²) in [6.07, 6.45) is 0.680. The van der Waals surface area contributed by atoms with Crippen molar-refractivity contribution in [2.24, 2.45) is 0 Å². The van der Waals surface area contributed by atoms with Gasteiger partial charge in [0.05, 0.1) is 40.7 Å². The lowest BCUT2D eigenvalue weighted by atomic mass is 9.99. The molecule has 2 aromatic carbocycles. The van der Waals surface area contributed by atoms with Crippen molar-refractivity contribution in [1.82, 2.24) is 9.55 Å².